The third kappa shape index (κ3) is 2.47. The number of rotatable bonds is 2. The molecule has 4 rings (SSSR count). The maximum absolute atomic E-state index is 14.4. The molecule has 1 unspecified atom stereocenters. The molecule has 2 aromatic carbocycles. The van der Waals surface area contributed by atoms with E-state index in [1.165, 1.54) is 6.07 Å². The minimum atomic E-state index is -0.236. The summed E-state index contributed by atoms with van der Waals surface area (Å²) in [5, 5.41) is 0.963. The van der Waals surface area contributed by atoms with E-state index in [0.717, 1.165) is 39.9 Å². The van der Waals surface area contributed by atoms with Crippen LogP contribution in [0.5, 0.6) is 0 Å². The zero-order valence-corrected chi connectivity index (χ0v) is 16.0. The largest absolute Gasteiger partial charge is 0.279 e. The monoisotopic (exact) mass is 349 g/mol. The Hall–Kier alpha value is -2.49. The molecule has 0 radical (unpaired) electrons. The lowest BCUT2D eigenvalue weighted by atomic mass is 9.92. The van der Waals surface area contributed by atoms with Gasteiger partial charge in [-0.25, -0.2) is 14.4 Å². The maximum Gasteiger partial charge on any atom is 0.149 e. The van der Waals surface area contributed by atoms with Crippen LogP contribution in [-0.2, 0) is 5.41 Å². The molecule has 134 valence electrons. The van der Waals surface area contributed by atoms with Crippen molar-refractivity contribution in [2.45, 2.75) is 52.4 Å². The highest BCUT2D eigenvalue weighted by Gasteiger charge is 2.25. The molecular formula is C22H24FN3. The van der Waals surface area contributed by atoms with E-state index >= 15 is 0 Å². The van der Waals surface area contributed by atoms with E-state index in [1.54, 1.807) is 6.07 Å². The van der Waals surface area contributed by atoms with Gasteiger partial charge in [0.2, 0.25) is 0 Å². The van der Waals surface area contributed by atoms with Crippen molar-refractivity contribution < 1.29 is 4.39 Å². The topological polar surface area (TPSA) is 30.2 Å². The van der Waals surface area contributed by atoms with Gasteiger partial charge in [-0.15, -0.1) is 0 Å². The van der Waals surface area contributed by atoms with Crippen LogP contribution >= 0.6 is 0 Å². The second kappa shape index (κ2) is 5.76. The van der Waals surface area contributed by atoms with E-state index in [9.17, 15) is 4.39 Å². The van der Waals surface area contributed by atoms with Gasteiger partial charge in [-0.05, 0) is 36.1 Å². The molecular weight excluding hydrogens is 325 g/mol. The average molecular weight is 349 g/mol. The number of fused-ring (bicyclic) bond motifs is 5. The summed E-state index contributed by atoms with van der Waals surface area (Å²) in [5.41, 5.74) is 4.33. The zero-order valence-electron chi connectivity index (χ0n) is 16.0. The number of para-hydroxylation sites is 2. The van der Waals surface area contributed by atoms with E-state index in [1.807, 2.05) is 18.2 Å². The van der Waals surface area contributed by atoms with Crippen molar-refractivity contribution in [3.8, 4) is 0 Å². The highest BCUT2D eigenvalue weighted by molar-refractivity contribution is 5.99. The molecule has 2 heterocycles. The molecule has 4 heteroatoms. The number of hydrogen-bond donors (Lipinski definition) is 0. The van der Waals surface area contributed by atoms with Crippen LogP contribution in [0.2, 0.25) is 0 Å². The first-order valence-corrected chi connectivity index (χ1v) is 9.22. The van der Waals surface area contributed by atoms with Gasteiger partial charge >= 0.3 is 0 Å². The molecule has 0 saturated heterocycles. The van der Waals surface area contributed by atoms with Gasteiger partial charge in [0, 0.05) is 16.9 Å². The minimum absolute atomic E-state index is 0.196. The summed E-state index contributed by atoms with van der Waals surface area (Å²) in [4.78, 5) is 9.84. The lowest BCUT2D eigenvalue weighted by Crippen LogP contribution is -2.19. The van der Waals surface area contributed by atoms with E-state index in [4.69, 9.17) is 9.97 Å². The van der Waals surface area contributed by atoms with Crippen molar-refractivity contribution >= 4 is 27.6 Å². The lowest BCUT2D eigenvalue weighted by molar-refractivity contribution is 0.542. The Balaban J connectivity index is 2.30. The zero-order chi connectivity index (χ0) is 18.6. The first kappa shape index (κ1) is 17.0. The van der Waals surface area contributed by atoms with Crippen LogP contribution in [0.3, 0.4) is 0 Å². The van der Waals surface area contributed by atoms with Crippen molar-refractivity contribution in [3.05, 3.63) is 53.6 Å². The number of nitrogens with zero attached hydrogens (tertiary/aromatic N) is 3. The van der Waals surface area contributed by atoms with Crippen molar-refractivity contribution in [2.24, 2.45) is 0 Å². The Kier molecular flexibility index (Phi) is 3.76. The number of hydrogen-bond acceptors (Lipinski definition) is 2. The van der Waals surface area contributed by atoms with Crippen molar-refractivity contribution in [1.29, 1.82) is 0 Å². The summed E-state index contributed by atoms with van der Waals surface area (Å²) < 4.78 is 16.5. The molecule has 4 aromatic rings. The molecule has 0 spiro atoms. The molecule has 0 bridgehead atoms. The van der Waals surface area contributed by atoms with Crippen molar-refractivity contribution in [3.63, 3.8) is 0 Å². The summed E-state index contributed by atoms with van der Waals surface area (Å²) in [7, 11) is 0. The summed E-state index contributed by atoms with van der Waals surface area (Å²) in [6, 6.07) is 11.3. The van der Waals surface area contributed by atoms with Gasteiger partial charge in [-0.1, -0.05) is 46.8 Å². The van der Waals surface area contributed by atoms with Crippen LogP contribution in [0, 0.1) is 5.82 Å². The molecule has 0 aliphatic carbocycles. The first-order valence-electron chi connectivity index (χ1n) is 9.22. The average Bonchev–Trinajstić information content (AvgIpc) is 2.97. The van der Waals surface area contributed by atoms with Crippen LogP contribution in [0.1, 0.15) is 58.3 Å². The number of halogens is 1. The highest BCUT2D eigenvalue weighted by atomic mass is 19.1. The van der Waals surface area contributed by atoms with Crippen LogP contribution in [0.15, 0.2) is 36.4 Å². The molecule has 0 N–H and O–H groups in total. The highest BCUT2D eigenvalue weighted by Crippen LogP contribution is 2.35. The fourth-order valence-corrected chi connectivity index (χ4v) is 3.63. The third-order valence-corrected chi connectivity index (χ3v) is 5.15. The van der Waals surface area contributed by atoms with Gasteiger partial charge in [0.1, 0.15) is 17.3 Å². The van der Waals surface area contributed by atoms with Gasteiger partial charge < -0.3 is 0 Å². The van der Waals surface area contributed by atoms with Gasteiger partial charge in [-0.3, -0.25) is 4.40 Å². The van der Waals surface area contributed by atoms with Crippen molar-refractivity contribution in [1.82, 2.24) is 14.4 Å². The van der Waals surface area contributed by atoms with Crippen LogP contribution in [0.4, 0.5) is 4.39 Å². The molecule has 0 fully saturated rings. The molecule has 0 amide bonds. The smallest absolute Gasteiger partial charge is 0.149 e. The molecule has 0 aliphatic heterocycles. The summed E-state index contributed by atoms with van der Waals surface area (Å²) in [6.07, 6.45) is 0.936. The molecule has 2 aromatic heterocycles. The predicted molar refractivity (Wildman–Crippen MR) is 105 cm³/mol. The van der Waals surface area contributed by atoms with E-state index in [0.29, 0.717) is 5.52 Å². The summed E-state index contributed by atoms with van der Waals surface area (Å²) in [6.45, 7) is 10.6. The maximum atomic E-state index is 14.4. The lowest BCUT2D eigenvalue weighted by Gasteiger charge is -2.22. The Morgan fingerprint density at radius 3 is 2.50 bits per heavy atom. The van der Waals surface area contributed by atoms with Gasteiger partial charge in [0.05, 0.1) is 16.6 Å². The first-order chi connectivity index (χ1) is 12.3. The normalized spacial score (nSPS) is 13.8. The second-order valence-electron chi connectivity index (χ2n) is 8.14. The SMILES string of the molecule is CCC(C)c1cc(F)cc2nc(C(C)(C)C)n3c4ccccc4nc3c12. The van der Waals surface area contributed by atoms with Gasteiger partial charge in [0.25, 0.3) is 0 Å². The number of imidazole rings is 1. The molecule has 1 atom stereocenters. The third-order valence-electron chi connectivity index (χ3n) is 5.15. The Morgan fingerprint density at radius 2 is 1.81 bits per heavy atom. The Morgan fingerprint density at radius 1 is 1.08 bits per heavy atom. The molecule has 3 nitrogen and oxygen atoms in total. The fraction of sp³-hybridized carbons (Fsp3) is 0.364. The van der Waals surface area contributed by atoms with Crippen molar-refractivity contribution in [2.75, 3.05) is 0 Å². The molecule has 26 heavy (non-hydrogen) atoms. The second-order valence-corrected chi connectivity index (χ2v) is 8.14. The quantitative estimate of drug-likeness (QED) is 0.445. The number of benzene rings is 2. The summed E-state index contributed by atoms with van der Waals surface area (Å²) in [5.74, 6) is 0.897. The van der Waals surface area contributed by atoms with Crippen LogP contribution in [-0.4, -0.2) is 14.4 Å². The Labute approximate surface area is 152 Å². The molecule has 0 aliphatic rings. The Bertz CT molecular complexity index is 1140. The number of aromatic nitrogens is 3. The van der Waals surface area contributed by atoms with Gasteiger partial charge in [-0.2, -0.15) is 0 Å². The van der Waals surface area contributed by atoms with Crippen LogP contribution in [0.25, 0.3) is 27.6 Å². The van der Waals surface area contributed by atoms with Gasteiger partial charge in [0.15, 0.2) is 0 Å². The van der Waals surface area contributed by atoms with E-state index < -0.39 is 0 Å². The standard InChI is InChI=1S/C22H24FN3/c1-6-13(2)15-11-14(23)12-17-19(15)20-24-16-9-7-8-10-18(16)26(20)21(25-17)22(3,4)5/h7-13H,6H2,1-5H3. The minimum Gasteiger partial charge on any atom is -0.279 e. The predicted octanol–water partition coefficient (Wildman–Crippen LogP) is 5.99. The summed E-state index contributed by atoms with van der Waals surface area (Å²) >= 11 is 0. The van der Waals surface area contributed by atoms with E-state index in [-0.39, 0.29) is 17.2 Å². The van der Waals surface area contributed by atoms with Crippen LogP contribution < -0.4 is 0 Å². The van der Waals surface area contributed by atoms with E-state index in [2.05, 4.69) is 45.1 Å². The molecule has 0 saturated carbocycles. The fourth-order valence-electron chi connectivity index (χ4n) is 3.63.